The highest BCUT2D eigenvalue weighted by atomic mass is 32.2. The topological polar surface area (TPSA) is 113 Å². The van der Waals surface area contributed by atoms with E-state index in [9.17, 15) is 8.42 Å². The van der Waals surface area contributed by atoms with Crippen molar-refractivity contribution in [2.24, 2.45) is 5.92 Å². The molecule has 0 amide bonds. The van der Waals surface area contributed by atoms with E-state index in [-0.39, 0.29) is 18.2 Å². The van der Waals surface area contributed by atoms with E-state index in [1.165, 1.54) is 0 Å². The van der Waals surface area contributed by atoms with Gasteiger partial charge >= 0.3 is 0 Å². The molecule has 1 aliphatic heterocycles. The Labute approximate surface area is 99.6 Å². The van der Waals surface area contributed by atoms with Crippen LogP contribution in [0.3, 0.4) is 0 Å². The zero-order valence-electron chi connectivity index (χ0n) is 9.39. The van der Waals surface area contributed by atoms with Crippen LogP contribution in [0.4, 0.5) is 0 Å². The fourth-order valence-corrected chi connectivity index (χ4v) is 3.24. The largest absolute Gasteiger partial charge is 0.316 e. The zero-order valence-corrected chi connectivity index (χ0v) is 10.2. The van der Waals surface area contributed by atoms with E-state index >= 15 is 0 Å². The van der Waals surface area contributed by atoms with Crippen LogP contribution in [0, 0.1) is 5.92 Å². The average molecular weight is 260 g/mol. The van der Waals surface area contributed by atoms with E-state index < -0.39 is 10.0 Å². The van der Waals surface area contributed by atoms with Crippen LogP contribution in [0.15, 0.2) is 0 Å². The van der Waals surface area contributed by atoms with Crippen molar-refractivity contribution in [2.45, 2.75) is 19.4 Å². The van der Waals surface area contributed by atoms with Gasteiger partial charge in [-0.15, -0.1) is 10.2 Å². The van der Waals surface area contributed by atoms with Crippen molar-refractivity contribution in [2.75, 3.05) is 18.8 Å². The van der Waals surface area contributed by atoms with Gasteiger partial charge in [0.15, 0.2) is 5.82 Å². The summed E-state index contributed by atoms with van der Waals surface area (Å²) >= 11 is 0. The summed E-state index contributed by atoms with van der Waals surface area (Å²) in [6.07, 6.45) is 1.99. The number of rotatable bonds is 5. The first kappa shape index (κ1) is 12.4. The Morgan fingerprint density at radius 2 is 2.35 bits per heavy atom. The molecule has 8 nitrogen and oxygen atoms in total. The van der Waals surface area contributed by atoms with Gasteiger partial charge in [0, 0.05) is 0 Å². The molecule has 0 saturated carbocycles. The van der Waals surface area contributed by atoms with Crippen LogP contribution in [-0.4, -0.2) is 47.9 Å². The maximum atomic E-state index is 11.8. The zero-order chi connectivity index (χ0) is 12.1. The predicted octanol–water partition coefficient (Wildman–Crippen LogP) is -1.38. The smallest absolute Gasteiger partial charge is 0.212 e. The molecule has 0 bridgehead atoms. The quantitative estimate of drug-likeness (QED) is 0.601. The standard InChI is InChI=1S/C8H16N6O2S/c15-17(16,6-7-2-1-3-9-4-7)10-5-8-11-13-14-12-8/h7,9-10H,1-6H2,(H,11,12,13,14). The van der Waals surface area contributed by atoms with Crippen molar-refractivity contribution in [3.8, 4) is 0 Å². The summed E-state index contributed by atoms with van der Waals surface area (Å²) in [6.45, 7) is 1.83. The number of nitrogens with zero attached hydrogens (tertiary/aromatic N) is 3. The summed E-state index contributed by atoms with van der Waals surface area (Å²) < 4.78 is 26.0. The highest BCUT2D eigenvalue weighted by Gasteiger charge is 2.21. The minimum Gasteiger partial charge on any atom is -0.316 e. The van der Waals surface area contributed by atoms with Gasteiger partial charge in [0.05, 0.1) is 12.3 Å². The van der Waals surface area contributed by atoms with E-state index in [0.717, 1.165) is 25.9 Å². The number of piperidine rings is 1. The number of aromatic nitrogens is 4. The Hall–Kier alpha value is -1.06. The van der Waals surface area contributed by atoms with Crippen LogP contribution in [-0.2, 0) is 16.6 Å². The summed E-state index contributed by atoms with van der Waals surface area (Å²) in [5.41, 5.74) is 0. The minimum atomic E-state index is -3.27. The summed E-state index contributed by atoms with van der Waals surface area (Å²) in [4.78, 5) is 0. The first-order valence-electron chi connectivity index (χ1n) is 5.56. The molecule has 1 aromatic heterocycles. The second-order valence-corrected chi connectivity index (χ2v) is 5.99. The second-order valence-electron chi connectivity index (χ2n) is 4.14. The van der Waals surface area contributed by atoms with Crippen molar-refractivity contribution < 1.29 is 8.42 Å². The van der Waals surface area contributed by atoms with E-state index in [1.54, 1.807) is 0 Å². The number of tetrazole rings is 1. The predicted molar refractivity (Wildman–Crippen MR) is 60.4 cm³/mol. The van der Waals surface area contributed by atoms with Crippen LogP contribution in [0.25, 0.3) is 0 Å². The molecule has 1 fully saturated rings. The molecule has 1 aromatic rings. The monoisotopic (exact) mass is 260 g/mol. The lowest BCUT2D eigenvalue weighted by molar-refractivity contribution is 0.402. The van der Waals surface area contributed by atoms with E-state index in [0.29, 0.717) is 5.82 Å². The first-order valence-corrected chi connectivity index (χ1v) is 7.21. The molecule has 1 atom stereocenters. The van der Waals surface area contributed by atoms with Crippen molar-refractivity contribution in [1.82, 2.24) is 30.7 Å². The van der Waals surface area contributed by atoms with Crippen molar-refractivity contribution >= 4 is 10.0 Å². The highest BCUT2D eigenvalue weighted by Crippen LogP contribution is 2.11. The molecule has 2 rings (SSSR count). The number of nitrogens with one attached hydrogen (secondary N) is 3. The molecular formula is C8H16N6O2S. The number of hydrogen-bond donors (Lipinski definition) is 3. The maximum absolute atomic E-state index is 11.8. The van der Waals surface area contributed by atoms with Crippen LogP contribution < -0.4 is 10.0 Å². The first-order chi connectivity index (χ1) is 8.16. The molecule has 3 N–H and O–H groups in total. The van der Waals surface area contributed by atoms with Gasteiger partial charge in [-0.25, -0.2) is 13.1 Å². The summed E-state index contributed by atoms with van der Waals surface area (Å²) in [7, 11) is -3.27. The fraction of sp³-hybridized carbons (Fsp3) is 0.875. The van der Waals surface area contributed by atoms with Crippen LogP contribution in [0.1, 0.15) is 18.7 Å². The highest BCUT2D eigenvalue weighted by molar-refractivity contribution is 7.89. The Balaban J connectivity index is 1.81. The van der Waals surface area contributed by atoms with Gasteiger partial charge in [-0.1, -0.05) is 5.21 Å². The normalized spacial score (nSPS) is 21.5. The summed E-state index contributed by atoms with van der Waals surface area (Å²) in [5.74, 6) is 0.680. The third-order valence-electron chi connectivity index (χ3n) is 2.69. The molecule has 1 saturated heterocycles. The molecule has 17 heavy (non-hydrogen) atoms. The van der Waals surface area contributed by atoms with Gasteiger partial charge in [0.1, 0.15) is 0 Å². The molecule has 1 unspecified atom stereocenters. The Morgan fingerprint density at radius 1 is 1.47 bits per heavy atom. The van der Waals surface area contributed by atoms with Crippen LogP contribution in [0.5, 0.6) is 0 Å². The Bertz CT molecular complexity index is 425. The van der Waals surface area contributed by atoms with Crippen LogP contribution in [0.2, 0.25) is 0 Å². The molecule has 9 heteroatoms. The van der Waals surface area contributed by atoms with Gasteiger partial charge in [-0.2, -0.15) is 5.21 Å². The molecule has 96 valence electrons. The number of aromatic amines is 1. The van der Waals surface area contributed by atoms with Crippen molar-refractivity contribution in [3.05, 3.63) is 5.82 Å². The molecule has 1 aliphatic rings. The lowest BCUT2D eigenvalue weighted by Gasteiger charge is -2.22. The van der Waals surface area contributed by atoms with Crippen LogP contribution >= 0.6 is 0 Å². The SMILES string of the molecule is O=S(=O)(CC1CCCNC1)NCc1nn[nH]n1. The minimum absolute atomic E-state index is 0.0823. The van der Waals surface area contributed by atoms with Gasteiger partial charge in [0.25, 0.3) is 0 Å². The van der Waals surface area contributed by atoms with Gasteiger partial charge in [-0.3, -0.25) is 0 Å². The average Bonchev–Trinajstić information content (AvgIpc) is 2.80. The molecule has 0 aliphatic carbocycles. The lowest BCUT2D eigenvalue weighted by Crippen LogP contribution is -2.37. The third kappa shape index (κ3) is 4.02. The number of hydrogen-bond acceptors (Lipinski definition) is 6. The molecule has 0 radical (unpaired) electrons. The molecular weight excluding hydrogens is 244 g/mol. The fourth-order valence-electron chi connectivity index (χ4n) is 1.87. The van der Waals surface area contributed by atoms with E-state index in [4.69, 9.17) is 0 Å². The second kappa shape index (κ2) is 5.52. The third-order valence-corrected chi connectivity index (χ3v) is 4.19. The Morgan fingerprint density at radius 3 is 3.00 bits per heavy atom. The van der Waals surface area contributed by atoms with E-state index in [1.807, 2.05) is 0 Å². The van der Waals surface area contributed by atoms with Gasteiger partial charge in [0.2, 0.25) is 10.0 Å². The number of H-pyrrole nitrogens is 1. The van der Waals surface area contributed by atoms with Gasteiger partial charge in [-0.05, 0) is 31.8 Å². The number of sulfonamides is 1. The van der Waals surface area contributed by atoms with Crippen molar-refractivity contribution in [3.63, 3.8) is 0 Å². The maximum Gasteiger partial charge on any atom is 0.212 e. The molecule has 0 aromatic carbocycles. The summed E-state index contributed by atoms with van der Waals surface area (Å²) in [6, 6.07) is 0. The van der Waals surface area contributed by atoms with E-state index in [2.05, 4.69) is 30.7 Å². The summed E-state index contributed by atoms with van der Waals surface area (Å²) in [5, 5.41) is 16.2. The van der Waals surface area contributed by atoms with Crippen molar-refractivity contribution in [1.29, 1.82) is 0 Å². The lowest BCUT2D eigenvalue weighted by atomic mass is 10.0. The molecule has 2 heterocycles. The molecule has 0 spiro atoms. The van der Waals surface area contributed by atoms with Gasteiger partial charge < -0.3 is 5.32 Å². The Kier molecular flexibility index (Phi) is 4.02.